The number of phosphoric acid groups is 3. The van der Waals surface area contributed by atoms with E-state index < -0.39 is 65.7 Å². The number of H-pyrrole nitrogens is 1. The summed E-state index contributed by atoms with van der Waals surface area (Å²) in [5.74, 6) is 4.31. The molecule has 0 radical (unpaired) electrons. The van der Waals surface area contributed by atoms with Crippen LogP contribution in [0.2, 0.25) is 0 Å². The highest BCUT2D eigenvalue weighted by atomic mass is 31.3. The van der Waals surface area contributed by atoms with E-state index in [1.807, 2.05) is 4.98 Å². The molecule has 1 saturated heterocycles. The number of hydrogen-bond donors (Lipinski definition) is 8. The number of nitrogens with two attached hydrogens (primary N) is 1. The van der Waals surface area contributed by atoms with Gasteiger partial charge in [-0.3, -0.25) is 28.5 Å². The Balaban J connectivity index is 1.96. The molecule has 1 aliphatic rings. The first-order valence-corrected chi connectivity index (χ1v) is 16.4. The van der Waals surface area contributed by atoms with E-state index in [1.165, 1.54) is 0 Å². The minimum atomic E-state index is -5.75. The van der Waals surface area contributed by atoms with Gasteiger partial charge < -0.3 is 40.5 Å². The number of rotatable bonds is 15. The van der Waals surface area contributed by atoms with Crippen LogP contribution in [0.5, 0.6) is 0 Å². The van der Waals surface area contributed by atoms with Gasteiger partial charge in [0.15, 0.2) is 0 Å². The van der Waals surface area contributed by atoms with Gasteiger partial charge in [-0.05, 0) is 12.8 Å². The van der Waals surface area contributed by atoms with E-state index >= 15 is 0 Å². The Bertz CT molecular complexity index is 1460. The number of aromatic amines is 1. The van der Waals surface area contributed by atoms with Crippen LogP contribution in [-0.2, 0) is 41.2 Å². The number of aromatic nitrogens is 2. The average Bonchev–Trinajstić information content (AvgIpc) is 3.19. The molecule has 0 spiro atoms. The van der Waals surface area contributed by atoms with Crippen molar-refractivity contribution < 1.29 is 65.8 Å². The lowest BCUT2D eigenvalue weighted by Crippen LogP contribution is -2.33. The van der Waals surface area contributed by atoms with Gasteiger partial charge in [-0.15, -0.1) is 0 Å². The second kappa shape index (κ2) is 15.3. The number of nitrogens with zero attached hydrogens (tertiary/aromatic N) is 1. The first kappa shape index (κ1) is 35.7. The Kier molecular flexibility index (Phi) is 13.0. The summed E-state index contributed by atoms with van der Waals surface area (Å²) in [7, 11) is -16.8. The van der Waals surface area contributed by atoms with Crippen LogP contribution >= 0.6 is 23.5 Å². The molecule has 2 unspecified atom stereocenters. The number of ether oxygens (including phenoxy) is 1. The maximum absolute atomic E-state index is 12.3. The summed E-state index contributed by atoms with van der Waals surface area (Å²) in [5, 5.41) is 12.8. The molecule has 0 aliphatic carbocycles. The molecule has 2 rings (SSSR count). The van der Waals surface area contributed by atoms with Crippen LogP contribution in [0.15, 0.2) is 15.8 Å². The van der Waals surface area contributed by atoms with Crippen molar-refractivity contribution in [3.63, 3.8) is 0 Å². The standard InChI is InChI=1S/C19H29N4O16P3/c20-15(25)6-2-1-3-7-16(26)21-8-4-5-12-10-23(19(28)22-18(12)27)17-9-13(24)14(37-17)11-36-41(32,33)39-42(34,35)38-40(29,30)31/h10,13-14,17,24H,1-3,6-9,11H2,(H2,20,25)(H,21,26)(H,32,33)(H,34,35)(H,22,27,28)(H2,29,30,31)/t13-,14+,17+/m0/s1. The van der Waals surface area contributed by atoms with Crippen LogP contribution in [0.4, 0.5) is 0 Å². The number of unbranched alkanes of at least 4 members (excludes halogenated alkanes) is 2. The predicted octanol–water partition coefficient (Wildman–Crippen LogP) is -1.57. The summed E-state index contributed by atoms with van der Waals surface area (Å²) in [5.41, 5.74) is 3.02. The molecule has 1 aromatic heterocycles. The topological polar surface area (TPSA) is 316 Å². The third-order valence-electron chi connectivity index (χ3n) is 5.22. The molecule has 20 nitrogen and oxygen atoms in total. The first-order chi connectivity index (χ1) is 19.4. The van der Waals surface area contributed by atoms with Crippen molar-refractivity contribution in [1.82, 2.24) is 14.9 Å². The van der Waals surface area contributed by atoms with Crippen LogP contribution in [0.1, 0.15) is 50.3 Å². The highest BCUT2D eigenvalue weighted by molar-refractivity contribution is 7.66. The zero-order valence-corrected chi connectivity index (χ0v) is 24.2. The number of amides is 2. The smallest absolute Gasteiger partial charge is 0.390 e. The number of aliphatic hydroxyl groups excluding tert-OH is 1. The van der Waals surface area contributed by atoms with Gasteiger partial charge in [0.2, 0.25) is 11.8 Å². The Hall–Kier alpha value is -2.49. The monoisotopic (exact) mass is 662 g/mol. The van der Waals surface area contributed by atoms with Crippen molar-refractivity contribution in [1.29, 1.82) is 0 Å². The Morgan fingerprint density at radius 3 is 2.40 bits per heavy atom. The van der Waals surface area contributed by atoms with Crippen molar-refractivity contribution in [3.05, 3.63) is 32.6 Å². The summed E-state index contributed by atoms with van der Waals surface area (Å²) >= 11 is 0. The van der Waals surface area contributed by atoms with Crippen LogP contribution in [-0.4, -0.2) is 71.4 Å². The van der Waals surface area contributed by atoms with Gasteiger partial charge in [-0.25, -0.2) is 18.5 Å². The molecule has 0 saturated carbocycles. The molecule has 42 heavy (non-hydrogen) atoms. The predicted molar refractivity (Wildman–Crippen MR) is 138 cm³/mol. The van der Waals surface area contributed by atoms with E-state index in [-0.39, 0.29) is 37.3 Å². The van der Waals surface area contributed by atoms with Gasteiger partial charge in [-0.1, -0.05) is 18.3 Å². The van der Waals surface area contributed by atoms with Gasteiger partial charge >= 0.3 is 29.2 Å². The Morgan fingerprint density at radius 2 is 1.76 bits per heavy atom. The summed E-state index contributed by atoms with van der Waals surface area (Å²) < 4.78 is 51.9. The number of carbonyl (C=O) groups is 2. The minimum Gasteiger partial charge on any atom is -0.390 e. The van der Waals surface area contributed by atoms with Crippen molar-refractivity contribution in [2.75, 3.05) is 13.2 Å². The lowest BCUT2D eigenvalue weighted by atomic mass is 10.1. The number of nitrogens with one attached hydrogen (secondary N) is 2. The molecule has 2 heterocycles. The van der Waals surface area contributed by atoms with Gasteiger partial charge in [0.05, 0.1) is 19.3 Å². The molecule has 9 N–H and O–H groups in total. The van der Waals surface area contributed by atoms with E-state index in [2.05, 4.69) is 30.3 Å². The molecule has 0 bridgehead atoms. The maximum Gasteiger partial charge on any atom is 0.490 e. The molecule has 236 valence electrons. The van der Waals surface area contributed by atoms with Crippen LogP contribution in [0.25, 0.3) is 0 Å². The van der Waals surface area contributed by atoms with Crippen molar-refractivity contribution in [2.45, 2.75) is 57.0 Å². The molecule has 1 fully saturated rings. The number of primary amides is 1. The fraction of sp³-hybridized carbons (Fsp3) is 0.579. The second-order valence-corrected chi connectivity index (χ2v) is 13.1. The summed E-state index contributed by atoms with van der Waals surface area (Å²) in [6.45, 7) is -1.09. The third-order valence-corrected chi connectivity index (χ3v) is 9.03. The highest BCUT2D eigenvalue weighted by Gasteiger charge is 2.43. The van der Waals surface area contributed by atoms with E-state index in [0.717, 1.165) is 10.8 Å². The Morgan fingerprint density at radius 1 is 1.10 bits per heavy atom. The molecule has 2 amide bonds. The van der Waals surface area contributed by atoms with Crippen LogP contribution in [0.3, 0.4) is 0 Å². The van der Waals surface area contributed by atoms with Crippen LogP contribution in [0, 0.1) is 11.8 Å². The normalized spacial score (nSPS) is 21.5. The molecule has 1 aromatic rings. The number of carbonyl (C=O) groups excluding carboxylic acids is 2. The van der Waals surface area contributed by atoms with Gasteiger partial charge in [0.25, 0.3) is 5.56 Å². The van der Waals surface area contributed by atoms with Gasteiger partial charge in [0.1, 0.15) is 17.9 Å². The van der Waals surface area contributed by atoms with Crippen molar-refractivity contribution >= 4 is 35.3 Å². The second-order valence-electron chi connectivity index (χ2n) is 8.63. The molecule has 0 aromatic carbocycles. The number of hydrogen-bond acceptors (Lipinski definition) is 12. The van der Waals surface area contributed by atoms with Gasteiger partial charge in [-0.2, -0.15) is 8.62 Å². The SMILES string of the molecule is NC(=O)CCCCCC(=O)NCC#Cc1cn([C@H]2C[C@H](O)[C@@H](COP(=O)(O)OP(=O)(O)OP(=O)(O)O)O2)c(=O)[nH]c1=O. The highest BCUT2D eigenvalue weighted by Crippen LogP contribution is 2.66. The fourth-order valence-electron chi connectivity index (χ4n) is 3.43. The summed E-state index contributed by atoms with van der Waals surface area (Å²) in [6, 6.07) is 0. The minimum absolute atomic E-state index is 0.125. The summed E-state index contributed by atoms with van der Waals surface area (Å²) in [4.78, 5) is 84.9. The molecule has 23 heteroatoms. The lowest BCUT2D eigenvalue weighted by Gasteiger charge is -2.19. The number of phosphoric ester groups is 1. The zero-order chi connectivity index (χ0) is 31.7. The largest absolute Gasteiger partial charge is 0.490 e. The third kappa shape index (κ3) is 12.8. The molecular weight excluding hydrogens is 633 g/mol. The van der Waals surface area contributed by atoms with E-state index in [1.54, 1.807) is 0 Å². The molecule has 5 atom stereocenters. The Labute approximate surface area is 236 Å². The molecule has 1 aliphatic heterocycles. The van der Waals surface area contributed by atoms with Crippen molar-refractivity contribution in [2.24, 2.45) is 5.73 Å². The van der Waals surface area contributed by atoms with E-state index in [0.29, 0.717) is 19.3 Å². The quantitative estimate of drug-likeness (QED) is 0.0597. The maximum atomic E-state index is 12.3. The van der Waals surface area contributed by atoms with Gasteiger partial charge in [0, 0.05) is 25.5 Å². The lowest BCUT2D eigenvalue weighted by molar-refractivity contribution is -0.121. The van der Waals surface area contributed by atoms with Crippen LogP contribution < -0.4 is 22.3 Å². The first-order valence-electron chi connectivity index (χ1n) is 11.9. The summed E-state index contributed by atoms with van der Waals surface area (Å²) in [6.07, 6.45) is -1.20. The zero-order valence-electron chi connectivity index (χ0n) is 21.6. The van der Waals surface area contributed by atoms with E-state index in [9.17, 15) is 47.8 Å². The number of aliphatic hydroxyl groups is 1. The fourth-order valence-corrected chi connectivity index (χ4v) is 6.46. The average molecular weight is 662 g/mol. The van der Waals surface area contributed by atoms with Crippen molar-refractivity contribution in [3.8, 4) is 11.8 Å². The molecular formula is C19H29N4O16P3. The van der Waals surface area contributed by atoms with E-state index in [4.69, 9.17) is 20.3 Å².